The summed E-state index contributed by atoms with van der Waals surface area (Å²) in [5.41, 5.74) is -0.314. The number of nitrogens with one attached hydrogen (secondary N) is 1. The molecular formula is C17H31N3O. The second-order valence-electron chi connectivity index (χ2n) is 7.20. The van der Waals surface area contributed by atoms with Crippen LogP contribution >= 0.6 is 0 Å². The van der Waals surface area contributed by atoms with Crippen LogP contribution in [0.1, 0.15) is 52.4 Å². The van der Waals surface area contributed by atoms with E-state index in [0.29, 0.717) is 18.0 Å². The summed E-state index contributed by atoms with van der Waals surface area (Å²) < 4.78 is 5.34. The third-order valence-corrected chi connectivity index (χ3v) is 4.97. The maximum atomic E-state index is 9.69. The van der Waals surface area contributed by atoms with E-state index < -0.39 is 0 Å². The number of hydrogen-bond acceptors (Lipinski definition) is 4. The molecule has 1 N–H and O–H groups in total. The van der Waals surface area contributed by atoms with Crippen LogP contribution in [-0.2, 0) is 4.74 Å². The first kappa shape index (κ1) is 16.7. The Morgan fingerprint density at radius 1 is 1.38 bits per heavy atom. The first-order valence-electron chi connectivity index (χ1n) is 8.50. The van der Waals surface area contributed by atoms with E-state index in [1.165, 1.54) is 25.8 Å². The summed E-state index contributed by atoms with van der Waals surface area (Å²) in [6, 6.07) is 3.52. The van der Waals surface area contributed by atoms with Crippen molar-refractivity contribution < 1.29 is 4.74 Å². The summed E-state index contributed by atoms with van der Waals surface area (Å²) in [6.45, 7) is 7.48. The summed E-state index contributed by atoms with van der Waals surface area (Å²) in [7, 11) is 1.80. The van der Waals surface area contributed by atoms with Gasteiger partial charge in [0.25, 0.3) is 0 Å². The predicted molar refractivity (Wildman–Crippen MR) is 85.0 cm³/mol. The molecule has 4 nitrogen and oxygen atoms in total. The van der Waals surface area contributed by atoms with Crippen molar-refractivity contribution in [3.8, 4) is 6.07 Å². The van der Waals surface area contributed by atoms with Gasteiger partial charge in [0, 0.05) is 25.7 Å². The highest BCUT2D eigenvalue weighted by molar-refractivity contribution is 5.12. The van der Waals surface area contributed by atoms with E-state index in [1.54, 1.807) is 7.11 Å². The Kier molecular flexibility index (Phi) is 6.04. The van der Waals surface area contributed by atoms with Gasteiger partial charge in [0.05, 0.1) is 12.7 Å². The van der Waals surface area contributed by atoms with Crippen LogP contribution in [0.5, 0.6) is 0 Å². The van der Waals surface area contributed by atoms with Gasteiger partial charge in [0.2, 0.25) is 0 Å². The smallest absolute Gasteiger partial charge is 0.108 e. The fourth-order valence-electron chi connectivity index (χ4n) is 4.18. The Bertz CT molecular complexity index is 364. The Morgan fingerprint density at radius 3 is 2.86 bits per heavy atom. The van der Waals surface area contributed by atoms with Crippen molar-refractivity contribution in [1.29, 1.82) is 5.26 Å². The van der Waals surface area contributed by atoms with Crippen molar-refractivity contribution in [2.75, 3.05) is 26.8 Å². The molecule has 0 aromatic carbocycles. The van der Waals surface area contributed by atoms with Crippen LogP contribution in [0, 0.1) is 17.2 Å². The third-order valence-electron chi connectivity index (χ3n) is 4.97. The Morgan fingerprint density at radius 2 is 2.19 bits per heavy atom. The van der Waals surface area contributed by atoms with Gasteiger partial charge < -0.3 is 4.74 Å². The zero-order valence-corrected chi connectivity index (χ0v) is 13.9. The molecule has 0 aromatic rings. The lowest BCUT2D eigenvalue weighted by Gasteiger charge is -2.45. The molecule has 1 saturated heterocycles. The zero-order valence-electron chi connectivity index (χ0n) is 13.9. The SMILES string of the molecule is COCC1CCCN(C2CCCC(C#N)(NC(C)C)C2)C1. The van der Waals surface area contributed by atoms with E-state index in [1.807, 2.05) is 0 Å². The van der Waals surface area contributed by atoms with E-state index in [4.69, 9.17) is 4.74 Å². The maximum Gasteiger partial charge on any atom is 0.108 e. The first-order valence-corrected chi connectivity index (χ1v) is 8.50. The maximum absolute atomic E-state index is 9.69. The predicted octanol–water partition coefficient (Wildman–Crippen LogP) is 2.55. The highest BCUT2D eigenvalue weighted by Crippen LogP contribution is 2.33. The van der Waals surface area contributed by atoms with E-state index in [2.05, 4.69) is 30.1 Å². The molecule has 3 unspecified atom stereocenters. The van der Waals surface area contributed by atoms with Gasteiger partial charge in [-0.15, -0.1) is 0 Å². The zero-order chi connectivity index (χ0) is 15.3. The Balaban J connectivity index is 1.98. The van der Waals surface area contributed by atoms with E-state index in [-0.39, 0.29) is 5.54 Å². The summed E-state index contributed by atoms with van der Waals surface area (Å²) in [4.78, 5) is 2.63. The standard InChI is InChI=1S/C17H31N3O/c1-14(2)19-17(13-18)8-4-7-16(10-17)20-9-5-6-15(11-20)12-21-3/h14-16,19H,4-12H2,1-3H3. The van der Waals surface area contributed by atoms with Crippen molar-refractivity contribution in [3.05, 3.63) is 0 Å². The summed E-state index contributed by atoms with van der Waals surface area (Å²) in [6.07, 6.45) is 6.91. The second kappa shape index (κ2) is 7.58. The number of nitriles is 1. The Hall–Kier alpha value is -0.630. The van der Waals surface area contributed by atoms with Crippen LogP contribution in [0.25, 0.3) is 0 Å². The summed E-state index contributed by atoms with van der Waals surface area (Å²) >= 11 is 0. The lowest BCUT2D eigenvalue weighted by Crippen LogP contribution is -2.56. The van der Waals surface area contributed by atoms with Crippen molar-refractivity contribution >= 4 is 0 Å². The van der Waals surface area contributed by atoms with Crippen molar-refractivity contribution in [2.45, 2.75) is 70.0 Å². The Labute approximate surface area is 129 Å². The van der Waals surface area contributed by atoms with Crippen molar-refractivity contribution in [2.24, 2.45) is 5.92 Å². The molecule has 1 aliphatic carbocycles. The molecule has 0 bridgehead atoms. The molecule has 0 spiro atoms. The molecule has 0 aromatic heterocycles. The first-order chi connectivity index (χ1) is 10.1. The molecule has 120 valence electrons. The number of rotatable bonds is 5. The van der Waals surface area contributed by atoms with Gasteiger partial charge in [-0.2, -0.15) is 5.26 Å². The molecule has 1 heterocycles. The second-order valence-corrected chi connectivity index (χ2v) is 7.20. The van der Waals surface area contributed by atoms with E-state index >= 15 is 0 Å². The molecule has 21 heavy (non-hydrogen) atoms. The number of likely N-dealkylation sites (tertiary alicyclic amines) is 1. The van der Waals surface area contributed by atoms with Crippen LogP contribution in [0.2, 0.25) is 0 Å². The lowest BCUT2D eigenvalue weighted by atomic mass is 9.78. The quantitative estimate of drug-likeness (QED) is 0.846. The molecule has 1 aliphatic heterocycles. The number of piperidine rings is 1. The van der Waals surface area contributed by atoms with Crippen molar-refractivity contribution in [3.63, 3.8) is 0 Å². The molecule has 4 heteroatoms. The highest BCUT2D eigenvalue weighted by Gasteiger charge is 2.39. The molecule has 2 rings (SSSR count). The number of hydrogen-bond donors (Lipinski definition) is 1. The van der Waals surface area contributed by atoms with Crippen LogP contribution in [0.15, 0.2) is 0 Å². The van der Waals surface area contributed by atoms with E-state index in [9.17, 15) is 5.26 Å². The minimum atomic E-state index is -0.314. The van der Waals surface area contributed by atoms with Gasteiger partial charge >= 0.3 is 0 Å². The number of methoxy groups -OCH3 is 1. The largest absolute Gasteiger partial charge is 0.384 e. The molecule has 1 saturated carbocycles. The van der Waals surface area contributed by atoms with E-state index in [0.717, 1.165) is 32.4 Å². The lowest BCUT2D eigenvalue weighted by molar-refractivity contribution is 0.0447. The number of nitrogens with zero attached hydrogens (tertiary/aromatic N) is 2. The van der Waals surface area contributed by atoms with Crippen LogP contribution in [-0.4, -0.2) is 49.3 Å². The minimum Gasteiger partial charge on any atom is -0.384 e. The van der Waals surface area contributed by atoms with Gasteiger partial charge in [-0.1, -0.05) is 0 Å². The van der Waals surface area contributed by atoms with Gasteiger partial charge in [-0.25, -0.2) is 0 Å². The summed E-state index contributed by atoms with van der Waals surface area (Å²) in [5.74, 6) is 0.667. The van der Waals surface area contributed by atoms with Crippen LogP contribution < -0.4 is 5.32 Å². The number of ether oxygens (including phenoxy) is 1. The molecule has 2 fully saturated rings. The molecular weight excluding hydrogens is 262 g/mol. The van der Waals surface area contributed by atoms with Gasteiger partial charge in [-0.05, 0) is 64.8 Å². The van der Waals surface area contributed by atoms with Gasteiger partial charge in [0.1, 0.15) is 5.54 Å². The fraction of sp³-hybridized carbons (Fsp3) is 0.941. The molecule has 3 atom stereocenters. The average Bonchev–Trinajstić information content (AvgIpc) is 2.47. The van der Waals surface area contributed by atoms with Gasteiger partial charge in [0.15, 0.2) is 0 Å². The van der Waals surface area contributed by atoms with Crippen LogP contribution in [0.4, 0.5) is 0 Å². The van der Waals surface area contributed by atoms with Crippen molar-refractivity contribution in [1.82, 2.24) is 10.2 Å². The minimum absolute atomic E-state index is 0.314. The third kappa shape index (κ3) is 4.42. The summed E-state index contributed by atoms with van der Waals surface area (Å²) in [5, 5.41) is 13.2. The molecule has 0 radical (unpaired) electrons. The highest BCUT2D eigenvalue weighted by atomic mass is 16.5. The molecule has 0 amide bonds. The topological polar surface area (TPSA) is 48.3 Å². The monoisotopic (exact) mass is 293 g/mol. The van der Waals surface area contributed by atoms with Crippen LogP contribution in [0.3, 0.4) is 0 Å². The average molecular weight is 293 g/mol. The van der Waals surface area contributed by atoms with Gasteiger partial charge in [-0.3, -0.25) is 10.2 Å². The normalized spacial score (nSPS) is 34.8. The fourth-order valence-corrected chi connectivity index (χ4v) is 4.18. The molecule has 2 aliphatic rings.